The van der Waals surface area contributed by atoms with Crippen LogP contribution < -0.4 is 10.1 Å². The largest absolute Gasteiger partial charge is 0.492 e. The van der Waals surface area contributed by atoms with E-state index in [1.165, 1.54) is 12.1 Å². The standard InChI is InChI=1S/C23H25FN4O2/c1-2-30-22-9-4-3-8-21(22)26-23(29)27-12-10-17(11-13-27)18-15-25-28(16-18)20-7-5-6-19(24)14-20/h3-9,14-17H,2,10-13H2,1H3,(H,26,29). The number of nitrogens with zero attached hydrogens (tertiary/aromatic N) is 3. The number of piperidine rings is 1. The van der Waals surface area contributed by atoms with Crippen LogP contribution in [0.2, 0.25) is 0 Å². The van der Waals surface area contributed by atoms with Crippen molar-refractivity contribution >= 4 is 11.7 Å². The first-order valence-corrected chi connectivity index (χ1v) is 10.2. The Kier molecular flexibility index (Phi) is 5.97. The third-order valence-electron chi connectivity index (χ3n) is 5.36. The predicted octanol–water partition coefficient (Wildman–Crippen LogP) is 4.82. The highest BCUT2D eigenvalue weighted by Crippen LogP contribution is 2.29. The van der Waals surface area contributed by atoms with Gasteiger partial charge in [0.1, 0.15) is 11.6 Å². The predicted molar refractivity (Wildman–Crippen MR) is 114 cm³/mol. The highest BCUT2D eigenvalue weighted by atomic mass is 19.1. The van der Waals surface area contributed by atoms with Crippen LogP contribution in [0.25, 0.3) is 5.69 Å². The first kappa shape index (κ1) is 19.9. The lowest BCUT2D eigenvalue weighted by molar-refractivity contribution is 0.194. The van der Waals surface area contributed by atoms with Crippen molar-refractivity contribution in [1.29, 1.82) is 0 Å². The molecule has 3 aromatic rings. The minimum absolute atomic E-state index is 0.115. The number of benzene rings is 2. The van der Waals surface area contributed by atoms with Crippen molar-refractivity contribution in [2.75, 3.05) is 25.0 Å². The Bertz CT molecular complexity index is 1010. The van der Waals surface area contributed by atoms with Gasteiger partial charge in [0, 0.05) is 19.3 Å². The Morgan fingerprint density at radius 1 is 1.20 bits per heavy atom. The van der Waals surface area contributed by atoms with Gasteiger partial charge in [-0.1, -0.05) is 18.2 Å². The summed E-state index contributed by atoms with van der Waals surface area (Å²) in [5.41, 5.74) is 2.50. The SMILES string of the molecule is CCOc1ccccc1NC(=O)N1CCC(c2cnn(-c3cccc(F)c3)c2)CC1. The van der Waals surface area contributed by atoms with Crippen molar-refractivity contribution in [3.05, 3.63) is 72.3 Å². The maximum atomic E-state index is 13.5. The highest BCUT2D eigenvalue weighted by molar-refractivity contribution is 5.91. The van der Waals surface area contributed by atoms with E-state index in [0.29, 0.717) is 42.7 Å². The van der Waals surface area contributed by atoms with Crippen molar-refractivity contribution in [2.24, 2.45) is 0 Å². The van der Waals surface area contributed by atoms with Crippen LogP contribution in [0.15, 0.2) is 60.9 Å². The van der Waals surface area contributed by atoms with Gasteiger partial charge in [-0.3, -0.25) is 0 Å². The molecular weight excluding hydrogens is 383 g/mol. The normalized spacial score (nSPS) is 14.5. The van der Waals surface area contributed by atoms with Crippen molar-refractivity contribution in [3.63, 3.8) is 0 Å². The summed E-state index contributed by atoms with van der Waals surface area (Å²) in [6.45, 7) is 3.79. The zero-order valence-corrected chi connectivity index (χ0v) is 16.9. The second-order valence-corrected chi connectivity index (χ2v) is 7.32. The summed E-state index contributed by atoms with van der Waals surface area (Å²) >= 11 is 0. The van der Waals surface area contributed by atoms with Gasteiger partial charge in [-0.25, -0.2) is 13.9 Å². The molecule has 1 N–H and O–H groups in total. The molecule has 2 heterocycles. The summed E-state index contributed by atoms with van der Waals surface area (Å²) in [7, 11) is 0. The molecule has 0 unspecified atom stereocenters. The molecule has 1 aliphatic rings. The monoisotopic (exact) mass is 408 g/mol. The van der Waals surface area contributed by atoms with Gasteiger partial charge in [-0.15, -0.1) is 0 Å². The topological polar surface area (TPSA) is 59.4 Å². The van der Waals surface area contributed by atoms with Gasteiger partial charge in [0.25, 0.3) is 0 Å². The lowest BCUT2D eigenvalue weighted by Gasteiger charge is -2.31. The number of halogens is 1. The molecular formula is C23H25FN4O2. The van der Waals surface area contributed by atoms with E-state index in [1.54, 1.807) is 10.7 Å². The third-order valence-corrected chi connectivity index (χ3v) is 5.36. The molecule has 6 nitrogen and oxygen atoms in total. The van der Waals surface area contributed by atoms with E-state index in [-0.39, 0.29) is 11.8 Å². The molecule has 0 saturated carbocycles. The minimum Gasteiger partial charge on any atom is -0.492 e. The summed E-state index contributed by atoms with van der Waals surface area (Å²) in [5.74, 6) is 0.717. The van der Waals surface area contributed by atoms with E-state index in [1.807, 2.05) is 54.5 Å². The average molecular weight is 408 g/mol. The molecule has 156 valence electrons. The smallest absolute Gasteiger partial charge is 0.321 e. The summed E-state index contributed by atoms with van der Waals surface area (Å²) in [6.07, 6.45) is 5.50. The van der Waals surface area contributed by atoms with Gasteiger partial charge in [-0.2, -0.15) is 5.10 Å². The fourth-order valence-corrected chi connectivity index (χ4v) is 3.77. The molecule has 1 aliphatic heterocycles. The number of amides is 2. The van der Waals surface area contributed by atoms with Crippen molar-refractivity contribution in [1.82, 2.24) is 14.7 Å². The number of aromatic nitrogens is 2. The lowest BCUT2D eigenvalue weighted by Crippen LogP contribution is -2.40. The molecule has 0 bridgehead atoms. The second-order valence-electron chi connectivity index (χ2n) is 7.32. The van der Waals surface area contributed by atoms with Crippen LogP contribution in [0.1, 0.15) is 31.2 Å². The van der Waals surface area contributed by atoms with Crippen molar-refractivity contribution < 1.29 is 13.9 Å². The lowest BCUT2D eigenvalue weighted by atomic mass is 9.92. The number of hydrogen-bond acceptors (Lipinski definition) is 3. The number of likely N-dealkylation sites (tertiary alicyclic amines) is 1. The Morgan fingerprint density at radius 2 is 2.00 bits per heavy atom. The van der Waals surface area contributed by atoms with E-state index in [0.717, 1.165) is 18.4 Å². The quantitative estimate of drug-likeness (QED) is 0.658. The Morgan fingerprint density at radius 3 is 2.77 bits per heavy atom. The fourth-order valence-electron chi connectivity index (χ4n) is 3.77. The van der Waals surface area contributed by atoms with Gasteiger partial charge in [-0.05, 0) is 61.6 Å². The number of hydrogen-bond donors (Lipinski definition) is 1. The molecule has 0 aliphatic carbocycles. The summed E-state index contributed by atoms with van der Waals surface area (Å²) < 4.78 is 20.7. The minimum atomic E-state index is -0.283. The van der Waals surface area contributed by atoms with E-state index in [9.17, 15) is 9.18 Å². The maximum absolute atomic E-state index is 13.5. The van der Waals surface area contributed by atoms with Gasteiger partial charge in [0.15, 0.2) is 0 Å². The first-order valence-electron chi connectivity index (χ1n) is 10.2. The number of anilines is 1. The van der Waals surface area contributed by atoms with Crippen molar-refractivity contribution in [3.8, 4) is 11.4 Å². The third kappa shape index (κ3) is 4.45. The molecule has 2 amide bonds. The Balaban J connectivity index is 1.36. The van der Waals surface area contributed by atoms with Crippen molar-refractivity contribution in [2.45, 2.75) is 25.7 Å². The van der Waals surface area contributed by atoms with Crippen LogP contribution in [-0.4, -0.2) is 40.4 Å². The molecule has 0 radical (unpaired) electrons. The Hall–Kier alpha value is -3.35. The molecule has 2 aromatic carbocycles. The zero-order chi connectivity index (χ0) is 20.9. The van der Waals surface area contributed by atoms with E-state index in [4.69, 9.17) is 4.74 Å². The molecule has 0 atom stereocenters. The van der Waals surface area contributed by atoms with Crippen LogP contribution in [0, 0.1) is 5.82 Å². The van der Waals surface area contributed by atoms with Crippen LogP contribution in [-0.2, 0) is 0 Å². The van der Waals surface area contributed by atoms with Crippen LogP contribution in [0.4, 0.5) is 14.9 Å². The molecule has 1 aromatic heterocycles. The number of ether oxygens (including phenoxy) is 1. The van der Waals surface area contributed by atoms with Crippen LogP contribution >= 0.6 is 0 Å². The molecule has 1 saturated heterocycles. The second kappa shape index (κ2) is 8.98. The fraction of sp³-hybridized carbons (Fsp3) is 0.304. The van der Waals surface area contributed by atoms with E-state index >= 15 is 0 Å². The van der Waals surface area contributed by atoms with Gasteiger partial charge in [0.05, 0.1) is 24.2 Å². The molecule has 30 heavy (non-hydrogen) atoms. The van der Waals surface area contributed by atoms with Gasteiger partial charge in [0.2, 0.25) is 0 Å². The summed E-state index contributed by atoms with van der Waals surface area (Å²) in [4.78, 5) is 14.5. The number of carbonyl (C=O) groups excluding carboxylic acids is 1. The van der Waals surface area contributed by atoms with Crippen LogP contribution in [0.5, 0.6) is 5.75 Å². The molecule has 4 rings (SSSR count). The summed E-state index contributed by atoms with van der Waals surface area (Å²) in [6, 6.07) is 13.7. The number of para-hydroxylation sites is 2. The summed E-state index contributed by atoms with van der Waals surface area (Å²) in [5, 5.41) is 7.34. The van der Waals surface area contributed by atoms with Gasteiger partial charge >= 0.3 is 6.03 Å². The van der Waals surface area contributed by atoms with E-state index < -0.39 is 0 Å². The Labute approximate surface area is 175 Å². The number of carbonyl (C=O) groups is 1. The average Bonchev–Trinajstić information content (AvgIpc) is 3.26. The zero-order valence-electron chi connectivity index (χ0n) is 16.9. The molecule has 0 spiro atoms. The van der Waals surface area contributed by atoms with Gasteiger partial charge < -0.3 is 15.0 Å². The molecule has 7 heteroatoms. The van der Waals surface area contributed by atoms with E-state index in [2.05, 4.69) is 10.4 Å². The number of rotatable bonds is 5. The molecule has 1 fully saturated rings. The maximum Gasteiger partial charge on any atom is 0.321 e. The number of urea groups is 1. The number of nitrogens with one attached hydrogen (secondary N) is 1. The highest BCUT2D eigenvalue weighted by Gasteiger charge is 2.25. The first-order chi connectivity index (χ1) is 14.6. The van der Waals surface area contributed by atoms with Crippen LogP contribution in [0.3, 0.4) is 0 Å².